The first-order chi connectivity index (χ1) is 8.79. The van der Waals surface area contributed by atoms with Crippen LogP contribution in [0.25, 0.3) is 0 Å². The summed E-state index contributed by atoms with van der Waals surface area (Å²) in [6, 6.07) is 10.5. The number of carbonyl (C=O) groups excluding carboxylic acids is 1. The Kier molecular flexibility index (Phi) is 4.74. The average molecular weight is 242 g/mol. The maximum atomic E-state index is 11.8. The molecule has 0 bridgehead atoms. The molecule has 1 aliphatic rings. The molecule has 0 heterocycles. The molecule has 0 fully saturated rings. The van der Waals surface area contributed by atoms with Gasteiger partial charge in [-0.1, -0.05) is 55.7 Å². The number of unbranched alkanes of at least 4 members (excludes halogenated alkanes) is 1. The van der Waals surface area contributed by atoms with Crippen LogP contribution in [0.2, 0.25) is 0 Å². The number of hydrogen-bond donors (Lipinski definition) is 0. The van der Waals surface area contributed by atoms with E-state index in [2.05, 4.69) is 31.2 Å². The van der Waals surface area contributed by atoms with Gasteiger partial charge in [0.15, 0.2) is 5.78 Å². The van der Waals surface area contributed by atoms with Crippen molar-refractivity contribution >= 4 is 5.78 Å². The molecule has 1 nitrogen and oxygen atoms in total. The lowest BCUT2D eigenvalue weighted by molar-refractivity contribution is -0.117. The molecule has 0 radical (unpaired) electrons. The number of allylic oxidation sites excluding steroid dienone is 2. The maximum Gasteiger partial charge on any atom is 0.159 e. The third-order valence-electron chi connectivity index (χ3n) is 3.74. The molecular weight excluding hydrogens is 220 g/mol. The molecule has 1 aromatic carbocycles. The summed E-state index contributed by atoms with van der Waals surface area (Å²) in [7, 11) is 0. The average Bonchev–Trinajstić information content (AvgIpc) is 2.76. The van der Waals surface area contributed by atoms with Crippen molar-refractivity contribution in [2.45, 2.75) is 45.4 Å². The van der Waals surface area contributed by atoms with E-state index < -0.39 is 0 Å². The lowest BCUT2D eigenvalue weighted by atomic mass is 9.96. The molecule has 0 spiro atoms. The van der Waals surface area contributed by atoms with Gasteiger partial charge in [-0.2, -0.15) is 0 Å². The summed E-state index contributed by atoms with van der Waals surface area (Å²) in [6.07, 6.45) is 8.44. The highest BCUT2D eigenvalue weighted by atomic mass is 16.1. The highest BCUT2D eigenvalue weighted by Crippen LogP contribution is 2.29. The van der Waals surface area contributed by atoms with Crippen molar-refractivity contribution < 1.29 is 4.79 Å². The van der Waals surface area contributed by atoms with E-state index in [1.54, 1.807) is 0 Å². The Morgan fingerprint density at radius 2 is 1.94 bits per heavy atom. The van der Waals surface area contributed by atoms with Crippen LogP contribution in [-0.4, -0.2) is 5.78 Å². The predicted octanol–water partition coefficient (Wildman–Crippen LogP) is 4.32. The number of aryl methyl sites for hydroxylation is 1. The second kappa shape index (κ2) is 6.53. The number of carbonyl (C=O) groups is 1. The lowest BCUT2D eigenvalue weighted by Crippen LogP contribution is -2.06. The molecule has 1 heteroatoms. The van der Waals surface area contributed by atoms with Gasteiger partial charge in [-0.3, -0.25) is 4.79 Å². The summed E-state index contributed by atoms with van der Waals surface area (Å²) in [6.45, 7) is 2.18. The van der Waals surface area contributed by atoms with Crippen LogP contribution in [0.4, 0.5) is 0 Å². The Bertz CT molecular complexity index is 416. The summed E-state index contributed by atoms with van der Waals surface area (Å²) in [5, 5.41) is 0. The number of benzene rings is 1. The van der Waals surface area contributed by atoms with Gasteiger partial charge in [0.1, 0.15) is 0 Å². The zero-order valence-electron chi connectivity index (χ0n) is 11.2. The smallest absolute Gasteiger partial charge is 0.159 e. The molecule has 0 saturated carbocycles. The first-order valence-electron chi connectivity index (χ1n) is 7.07. The Morgan fingerprint density at radius 1 is 1.17 bits per heavy atom. The van der Waals surface area contributed by atoms with E-state index in [1.807, 2.05) is 12.1 Å². The summed E-state index contributed by atoms with van der Waals surface area (Å²) >= 11 is 0. The maximum absolute atomic E-state index is 11.8. The van der Waals surface area contributed by atoms with Crippen LogP contribution in [0.15, 0.2) is 42.0 Å². The van der Waals surface area contributed by atoms with Gasteiger partial charge < -0.3 is 0 Å². The van der Waals surface area contributed by atoms with Crippen LogP contribution in [0.3, 0.4) is 0 Å². The Labute approximate surface area is 110 Å². The molecule has 1 aromatic rings. The van der Waals surface area contributed by atoms with Crippen molar-refractivity contribution in [3.63, 3.8) is 0 Å². The fourth-order valence-electron chi connectivity index (χ4n) is 2.61. The third kappa shape index (κ3) is 3.56. The predicted molar refractivity (Wildman–Crippen MR) is 75.5 cm³/mol. The normalized spacial score (nSPS) is 19.1. The van der Waals surface area contributed by atoms with E-state index in [4.69, 9.17) is 0 Å². The quantitative estimate of drug-likeness (QED) is 0.726. The summed E-state index contributed by atoms with van der Waals surface area (Å²) in [5.41, 5.74) is 2.72. The van der Waals surface area contributed by atoms with Gasteiger partial charge in [0.25, 0.3) is 0 Å². The van der Waals surface area contributed by atoms with Gasteiger partial charge in [-0.15, -0.1) is 0 Å². The van der Waals surface area contributed by atoms with E-state index >= 15 is 0 Å². The largest absolute Gasteiger partial charge is 0.295 e. The molecular formula is C17H22O. The Hall–Kier alpha value is -1.37. The van der Waals surface area contributed by atoms with E-state index in [0.717, 1.165) is 25.7 Å². The van der Waals surface area contributed by atoms with Crippen molar-refractivity contribution in [1.29, 1.82) is 0 Å². The highest BCUT2D eigenvalue weighted by Gasteiger charge is 2.24. The van der Waals surface area contributed by atoms with Crippen molar-refractivity contribution in [2.75, 3.05) is 0 Å². The van der Waals surface area contributed by atoms with Gasteiger partial charge in [0.05, 0.1) is 0 Å². The summed E-state index contributed by atoms with van der Waals surface area (Å²) < 4.78 is 0. The van der Waals surface area contributed by atoms with Crippen LogP contribution in [0.1, 0.15) is 44.6 Å². The molecule has 0 N–H and O–H groups in total. The minimum atomic E-state index is 0.288. The van der Waals surface area contributed by atoms with Crippen LogP contribution in [0.5, 0.6) is 0 Å². The standard InChI is InChI=1S/C17H22O/c1-2-3-9-16-12-15(13-17(16)18)11-10-14-7-5-4-6-8-14/h4-8,13,16H,2-3,9-12H2,1H3. The van der Waals surface area contributed by atoms with E-state index in [9.17, 15) is 4.79 Å². The second-order valence-electron chi connectivity index (χ2n) is 5.23. The van der Waals surface area contributed by atoms with Crippen LogP contribution < -0.4 is 0 Å². The van der Waals surface area contributed by atoms with Crippen LogP contribution >= 0.6 is 0 Å². The zero-order chi connectivity index (χ0) is 12.8. The first kappa shape index (κ1) is 13.1. The van der Waals surface area contributed by atoms with E-state index in [0.29, 0.717) is 5.78 Å². The van der Waals surface area contributed by atoms with Gasteiger partial charge in [0.2, 0.25) is 0 Å². The minimum Gasteiger partial charge on any atom is -0.295 e. The minimum absolute atomic E-state index is 0.288. The monoisotopic (exact) mass is 242 g/mol. The molecule has 1 aliphatic carbocycles. The van der Waals surface area contributed by atoms with Crippen LogP contribution in [-0.2, 0) is 11.2 Å². The summed E-state index contributed by atoms with van der Waals surface area (Å²) in [4.78, 5) is 11.8. The molecule has 0 amide bonds. The number of rotatable bonds is 6. The van der Waals surface area contributed by atoms with Crippen molar-refractivity contribution in [1.82, 2.24) is 0 Å². The lowest BCUT2D eigenvalue weighted by Gasteiger charge is -2.08. The topological polar surface area (TPSA) is 17.1 Å². The van der Waals surface area contributed by atoms with Crippen molar-refractivity contribution in [3.8, 4) is 0 Å². The second-order valence-corrected chi connectivity index (χ2v) is 5.23. The molecule has 0 aromatic heterocycles. The van der Waals surface area contributed by atoms with E-state index in [1.165, 1.54) is 24.0 Å². The van der Waals surface area contributed by atoms with E-state index in [-0.39, 0.29) is 5.92 Å². The van der Waals surface area contributed by atoms with Crippen molar-refractivity contribution in [3.05, 3.63) is 47.5 Å². The third-order valence-corrected chi connectivity index (χ3v) is 3.74. The highest BCUT2D eigenvalue weighted by molar-refractivity contribution is 5.95. The van der Waals surface area contributed by atoms with Crippen LogP contribution in [0, 0.1) is 5.92 Å². The number of hydrogen-bond acceptors (Lipinski definition) is 1. The SMILES string of the molecule is CCCCC1CC(CCc2ccccc2)=CC1=O. The van der Waals surface area contributed by atoms with Gasteiger partial charge >= 0.3 is 0 Å². The molecule has 1 unspecified atom stereocenters. The Morgan fingerprint density at radius 3 is 2.67 bits per heavy atom. The Balaban J connectivity index is 1.81. The molecule has 0 aliphatic heterocycles. The first-order valence-corrected chi connectivity index (χ1v) is 7.07. The fraction of sp³-hybridized carbons (Fsp3) is 0.471. The zero-order valence-corrected chi connectivity index (χ0v) is 11.2. The van der Waals surface area contributed by atoms with Crippen molar-refractivity contribution in [2.24, 2.45) is 5.92 Å². The molecule has 2 rings (SSSR count). The molecule has 96 valence electrons. The van der Waals surface area contributed by atoms with Gasteiger partial charge in [0, 0.05) is 5.92 Å². The number of ketones is 1. The molecule has 1 atom stereocenters. The molecule has 0 saturated heterocycles. The molecule has 18 heavy (non-hydrogen) atoms. The van der Waals surface area contributed by atoms with Gasteiger partial charge in [-0.25, -0.2) is 0 Å². The van der Waals surface area contributed by atoms with Gasteiger partial charge in [-0.05, 0) is 37.3 Å². The fourth-order valence-corrected chi connectivity index (χ4v) is 2.61. The summed E-state index contributed by atoms with van der Waals surface area (Å²) in [5.74, 6) is 0.655.